The van der Waals surface area contributed by atoms with Gasteiger partial charge in [0.1, 0.15) is 0 Å². The number of hydrogen-bond donors (Lipinski definition) is 1. The highest BCUT2D eigenvalue weighted by atomic mass is 32.2. The number of rotatable bonds is 3. The van der Waals surface area contributed by atoms with Gasteiger partial charge >= 0.3 is 5.97 Å². The Hall–Kier alpha value is -0.180. The molecule has 0 atom stereocenters. The normalized spacial score (nSPS) is 22.1. The Bertz CT molecular complexity index is 162. The minimum atomic E-state index is -0.635. The van der Waals surface area contributed by atoms with Crippen molar-refractivity contribution < 1.29 is 9.90 Å². The second kappa shape index (κ2) is 4.17. The maximum absolute atomic E-state index is 10.6. The van der Waals surface area contributed by atoms with Crippen LogP contribution in [-0.4, -0.2) is 22.6 Å². The van der Waals surface area contributed by atoms with Crippen LogP contribution in [-0.2, 0) is 4.79 Å². The fraction of sp³-hybridized carbons (Fsp3) is 0.889. The van der Waals surface area contributed by atoms with Crippen LogP contribution in [0, 0.1) is 5.41 Å². The van der Waals surface area contributed by atoms with Crippen molar-refractivity contribution in [3.63, 3.8) is 0 Å². The number of aliphatic carboxylic acids is 1. The van der Waals surface area contributed by atoms with E-state index in [1.807, 2.05) is 11.8 Å². The molecule has 2 nitrogen and oxygen atoms in total. The van der Waals surface area contributed by atoms with Crippen LogP contribution in [0.25, 0.3) is 0 Å². The van der Waals surface area contributed by atoms with Gasteiger partial charge in [-0.3, -0.25) is 4.79 Å². The molecule has 1 saturated heterocycles. The van der Waals surface area contributed by atoms with Crippen LogP contribution in [0.2, 0.25) is 0 Å². The molecule has 0 bridgehead atoms. The fourth-order valence-corrected chi connectivity index (χ4v) is 3.14. The topological polar surface area (TPSA) is 37.3 Å². The lowest BCUT2D eigenvalue weighted by molar-refractivity contribution is -0.140. The molecule has 1 N–H and O–H groups in total. The smallest absolute Gasteiger partial charge is 0.303 e. The van der Waals surface area contributed by atoms with E-state index in [2.05, 4.69) is 6.92 Å². The van der Waals surface area contributed by atoms with Crippen LogP contribution in [0.3, 0.4) is 0 Å². The summed E-state index contributed by atoms with van der Waals surface area (Å²) in [5.74, 6) is 1.64. The molecule has 0 spiro atoms. The number of thioether (sulfide) groups is 1. The maximum atomic E-state index is 10.6. The van der Waals surface area contributed by atoms with Gasteiger partial charge in [-0.05, 0) is 36.2 Å². The zero-order valence-electron chi connectivity index (χ0n) is 7.51. The van der Waals surface area contributed by atoms with Gasteiger partial charge in [0.05, 0.1) is 6.42 Å². The zero-order chi connectivity index (χ0) is 9.03. The average Bonchev–Trinajstić information content (AvgIpc) is 2.05. The Morgan fingerprint density at radius 1 is 1.50 bits per heavy atom. The summed E-state index contributed by atoms with van der Waals surface area (Å²) in [4.78, 5) is 10.6. The summed E-state index contributed by atoms with van der Waals surface area (Å²) in [6.07, 6.45) is 3.55. The molecule has 1 heterocycles. The van der Waals surface area contributed by atoms with Crippen molar-refractivity contribution in [2.24, 2.45) is 5.41 Å². The van der Waals surface area contributed by atoms with Gasteiger partial charge in [0.25, 0.3) is 0 Å². The lowest BCUT2D eigenvalue weighted by atomic mass is 9.76. The Morgan fingerprint density at radius 2 is 2.08 bits per heavy atom. The van der Waals surface area contributed by atoms with Gasteiger partial charge in [0.2, 0.25) is 0 Å². The summed E-state index contributed by atoms with van der Waals surface area (Å²) in [7, 11) is 0. The Balaban J connectivity index is 2.53. The fourth-order valence-electron chi connectivity index (χ4n) is 1.78. The van der Waals surface area contributed by atoms with E-state index in [1.54, 1.807) is 0 Å². The van der Waals surface area contributed by atoms with E-state index in [-0.39, 0.29) is 5.41 Å². The minimum absolute atomic E-state index is 0.122. The molecule has 1 rings (SSSR count). The second-order valence-corrected chi connectivity index (χ2v) is 4.76. The van der Waals surface area contributed by atoms with Gasteiger partial charge in [-0.1, -0.05) is 6.92 Å². The highest BCUT2D eigenvalue weighted by Gasteiger charge is 2.32. The summed E-state index contributed by atoms with van der Waals surface area (Å²) >= 11 is 1.95. The molecular formula is C9H16O2S. The van der Waals surface area contributed by atoms with Crippen LogP contribution in [0.5, 0.6) is 0 Å². The van der Waals surface area contributed by atoms with Crippen molar-refractivity contribution in [1.82, 2.24) is 0 Å². The van der Waals surface area contributed by atoms with Crippen molar-refractivity contribution in [3.8, 4) is 0 Å². The van der Waals surface area contributed by atoms with E-state index in [1.165, 1.54) is 0 Å². The predicted molar refractivity (Wildman–Crippen MR) is 51.5 cm³/mol. The van der Waals surface area contributed by atoms with E-state index >= 15 is 0 Å². The SMILES string of the molecule is CCC1(CC(=O)O)CCSCC1. The number of carboxylic acid groups (broad SMARTS) is 1. The number of carboxylic acids is 1. The molecule has 0 saturated carbocycles. The van der Waals surface area contributed by atoms with E-state index in [0.29, 0.717) is 6.42 Å². The highest BCUT2D eigenvalue weighted by molar-refractivity contribution is 7.99. The van der Waals surface area contributed by atoms with Crippen LogP contribution >= 0.6 is 11.8 Å². The van der Waals surface area contributed by atoms with Crippen molar-refractivity contribution >= 4 is 17.7 Å². The Kier molecular flexibility index (Phi) is 3.44. The predicted octanol–water partition coefficient (Wildman–Crippen LogP) is 2.38. The molecule has 0 aromatic heterocycles. The molecule has 0 aliphatic carbocycles. The molecule has 12 heavy (non-hydrogen) atoms. The van der Waals surface area contributed by atoms with Crippen molar-refractivity contribution in [1.29, 1.82) is 0 Å². The maximum Gasteiger partial charge on any atom is 0.303 e. The van der Waals surface area contributed by atoms with Crippen LogP contribution in [0.4, 0.5) is 0 Å². The molecule has 0 radical (unpaired) electrons. The number of carbonyl (C=O) groups is 1. The van der Waals surface area contributed by atoms with E-state index in [4.69, 9.17) is 5.11 Å². The Morgan fingerprint density at radius 3 is 2.50 bits per heavy atom. The molecular weight excluding hydrogens is 172 g/mol. The van der Waals surface area contributed by atoms with Gasteiger partial charge in [0.15, 0.2) is 0 Å². The number of hydrogen-bond acceptors (Lipinski definition) is 2. The summed E-state index contributed by atoms with van der Waals surface area (Å²) in [5.41, 5.74) is 0.122. The van der Waals surface area contributed by atoms with Crippen molar-refractivity contribution in [3.05, 3.63) is 0 Å². The highest BCUT2D eigenvalue weighted by Crippen LogP contribution is 2.40. The zero-order valence-corrected chi connectivity index (χ0v) is 8.32. The quantitative estimate of drug-likeness (QED) is 0.739. The van der Waals surface area contributed by atoms with E-state index < -0.39 is 5.97 Å². The first-order chi connectivity index (χ1) is 5.68. The van der Waals surface area contributed by atoms with Gasteiger partial charge in [-0.25, -0.2) is 0 Å². The van der Waals surface area contributed by atoms with Crippen LogP contribution in [0.1, 0.15) is 32.6 Å². The van der Waals surface area contributed by atoms with Crippen molar-refractivity contribution in [2.75, 3.05) is 11.5 Å². The molecule has 0 aromatic rings. The molecule has 0 unspecified atom stereocenters. The molecule has 0 aromatic carbocycles. The third-order valence-electron chi connectivity index (χ3n) is 2.83. The first-order valence-corrected chi connectivity index (χ1v) is 5.63. The minimum Gasteiger partial charge on any atom is -0.481 e. The van der Waals surface area contributed by atoms with Gasteiger partial charge in [-0.15, -0.1) is 0 Å². The van der Waals surface area contributed by atoms with E-state index in [0.717, 1.165) is 30.8 Å². The third kappa shape index (κ3) is 2.41. The molecule has 3 heteroatoms. The van der Waals surface area contributed by atoms with Gasteiger partial charge < -0.3 is 5.11 Å². The van der Waals surface area contributed by atoms with E-state index in [9.17, 15) is 4.79 Å². The lowest BCUT2D eigenvalue weighted by Gasteiger charge is -2.34. The molecule has 70 valence electrons. The summed E-state index contributed by atoms with van der Waals surface area (Å²) < 4.78 is 0. The summed E-state index contributed by atoms with van der Waals surface area (Å²) in [5, 5.41) is 8.76. The first kappa shape index (κ1) is 9.90. The Labute approximate surface area is 77.7 Å². The van der Waals surface area contributed by atoms with Crippen LogP contribution in [0.15, 0.2) is 0 Å². The van der Waals surface area contributed by atoms with Gasteiger partial charge in [-0.2, -0.15) is 11.8 Å². The van der Waals surface area contributed by atoms with Gasteiger partial charge in [0, 0.05) is 0 Å². The molecule has 1 fully saturated rings. The molecule has 0 amide bonds. The summed E-state index contributed by atoms with van der Waals surface area (Å²) in [6, 6.07) is 0. The van der Waals surface area contributed by atoms with Crippen molar-refractivity contribution in [2.45, 2.75) is 32.6 Å². The summed E-state index contributed by atoms with van der Waals surface area (Å²) in [6.45, 7) is 2.11. The lowest BCUT2D eigenvalue weighted by Crippen LogP contribution is -2.28. The van der Waals surface area contributed by atoms with Crippen LogP contribution < -0.4 is 0 Å². The first-order valence-electron chi connectivity index (χ1n) is 4.48. The second-order valence-electron chi connectivity index (χ2n) is 3.54. The largest absolute Gasteiger partial charge is 0.481 e. The monoisotopic (exact) mass is 188 g/mol. The third-order valence-corrected chi connectivity index (χ3v) is 3.82. The molecule has 1 aliphatic heterocycles. The standard InChI is InChI=1S/C9H16O2S/c1-2-9(7-8(10)11)3-5-12-6-4-9/h2-7H2,1H3,(H,10,11). The molecule has 1 aliphatic rings. The average molecular weight is 188 g/mol.